The zero-order valence-electron chi connectivity index (χ0n) is 13.0. The van der Waals surface area contributed by atoms with Crippen LogP contribution in [0.5, 0.6) is 0 Å². The minimum atomic E-state index is -0.541. The molecule has 1 saturated carbocycles. The second-order valence-corrected chi connectivity index (χ2v) is 6.81. The number of nitrogens with one attached hydrogen (secondary N) is 1. The summed E-state index contributed by atoms with van der Waals surface area (Å²) in [6, 6.07) is 13.5. The molecule has 4 nitrogen and oxygen atoms in total. The number of rotatable bonds is 6. The lowest BCUT2D eigenvalue weighted by molar-refractivity contribution is -0.151. The van der Waals surface area contributed by atoms with E-state index in [9.17, 15) is 9.59 Å². The van der Waals surface area contributed by atoms with E-state index in [2.05, 4.69) is 5.32 Å². The molecule has 0 radical (unpaired) electrons. The van der Waals surface area contributed by atoms with E-state index in [-0.39, 0.29) is 24.5 Å². The molecular formula is C18H19NO3S. The van der Waals surface area contributed by atoms with Crippen molar-refractivity contribution in [3.05, 3.63) is 58.3 Å². The maximum Gasteiger partial charge on any atom is 0.317 e. The number of amides is 1. The molecule has 1 aromatic carbocycles. The first-order chi connectivity index (χ1) is 11.1. The van der Waals surface area contributed by atoms with E-state index in [4.69, 9.17) is 4.74 Å². The maximum absolute atomic E-state index is 12.3. The molecule has 23 heavy (non-hydrogen) atoms. The second kappa shape index (κ2) is 6.54. The minimum absolute atomic E-state index is 0.0785. The number of hydrogen-bond donors (Lipinski definition) is 1. The SMILES string of the molecule is C[C@H](NC(=O)COC(=O)C1(c2ccccc2)CC1)c1cccs1. The van der Waals surface area contributed by atoms with Crippen LogP contribution in [0.4, 0.5) is 0 Å². The van der Waals surface area contributed by atoms with Gasteiger partial charge in [0.15, 0.2) is 6.61 Å². The van der Waals surface area contributed by atoms with Crippen LogP contribution in [0.3, 0.4) is 0 Å². The molecule has 1 aromatic heterocycles. The summed E-state index contributed by atoms with van der Waals surface area (Å²) in [5.74, 6) is -0.578. The highest BCUT2D eigenvalue weighted by atomic mass is 32.1. The molecule has 1 heterocycles. The quantitative estimate of drug-likeness (QED) is 0.828. The molecule has 2 aromatic rings. The Morgan fingerprint density at radius 1 is 1.22 bits per heavy atom. The van der Waals surface area contributed by atoms with Crippen LogP contribution in [0.15, 0.2) is 47.8 Å². The topological polar surface area (TPSA) is 55.4 Å². The highest BCUT2D eigenvalue weighted by Crippen LogP contribution is 2.49. The second-order valence-electron chi connectivity index (χ2n) is 5.83. The highest BCUT2D eigenvalue weighted by molar-refractivity contribution is 7.10. The number of carbonyl (C=O) groups excluding carboxylic acids is 2. The Hall–Kier alpha value is -2.14. The molecule has 1 atom stereocenters. The number of carbonyl (C=O) groups is 2. The van der Waals surface area contributed by atoms with E-state index in [1.807, 2.05) is 54.8 Å². The van der Waals surface area contributed by atoms with Crippen LogP contribution in [0.25, 0.3) is 0 Å². The molecule has 1 N–H and O–H groups in total. The van der Waals surface area contributed by atoms with Gasteiger partial charge in [-0.2, -0.15) is 0 Å². The van der Waals surface area contributed by atoms with Crippen molar-refractivity contribution in [2.24, 2.45) is 0 Å². The molecule has 0 bridgehead atoms. The van der Waals surface area contributed by atoms with Gasteiger partial charge in [0.2, 0.25) is 0 Å². The molecule has 120 valence electrons. The zero-order valence-corrected chi connectivity index (χ0v) is 13.8. The Morgan fingerprint density at radius 2 is 1.96 bits per heavy atom. The minimum Gasteiger partial charge on any atom is -0.455 e. The van der Waals surface area contributed by atoms with Crippen LogP contribution < -0.4 is 5.32 Å². The van der Waals surface area contributed by atoms with Gasteiger partial charge in [0.25, 0.3) is 5.91 Å². The Balaban J connectivity index is 1.52. The molecule has 1 aliphatic rings. The van der Waals surface area contributed by atoms with Gasteiger partial charge in [-0.3, -0.25) is 9.59 Å². The number of hydrogen-bond acceptors (Lipinski definition) is 4. The van der Waals surface area contributed by atoms with Crippen LogP contribution in [0.1, 0.15) is 36.2 Å². The lowest BCUT2D eigenvalue weighted by atomic mass is 9.96. The van der Waals surface area contributed by atoms with Gasteiger partial charge in [0, 0.05) is 4.88 Å². The fourth-order valence-electron chi connectivity index (χ4n) is 2.65. The third kappa shape index (κ3) is 3.45. The highest BCUT2D eigenvalue weighted by Gasteiger charge is 2.52. The summed E-state index contributed by atoms with van der Waals surface area (Å²) in [5.41, 5.74) is 0.429. The average Bonchev–Trinajstić information content (AvgIpc) is 3.20. The van der Waals surface area contributed by atoms with Gasteiger partial charge in [-0.25, -0.2) is 0 Å². The predicted octanol–water partition coefficient (Wildman–Crippen LogP) is 3.20. The summed E-state index contributed by atoms with van der Waals surface area (Å²) in [6.45, 7) is 1.68. The number of ether oxygens (including phenoxy) is 1. The van der Waals surface area contributed by atoms with Crippen LogP contribution in [0.2, 0.25) is 0 Å². The van der Waals surface area contributed by atoms with E-state index in [0.717, 1.165) is 23.3 Å². The van der Waals surface area contributed by atoms with Gasteiger partial charge < -0.3 is 10.1 Å². The van der Waals surface area contributed by atoms with E-state index in [0.29, 0.717) is 0 Å². The van der Waals surface area contributed by atoms with Crippen molar-refractivity contribution in [3.8, 4) is 0 Å². The fourth-order valence-corrected chi connectivity index (χ4v) is 3.39. The predicted molar refractivity (Wildman–Crippen MR) is 89.2 cm³/mol. The van der Waals surface area contributed by atoms with Crippen molar-refractivity contribution >= 4 is 23.2 Å². The van der Waals surface area contributed by atoms with Gasteiger partial charge in [0.1, 0.15) is 0 Å². The number of benzene rings is 1. The van der Waals surface area contributed by atoms with Gasteiger partial charge in [-0.1, -0.05) is 36.4 Å². The van der Waals surface area contributed by atoms with Crippen molar-refractivity contribution in [2.45, 2.75) is 31.2 Å². The lowest BCUT2D eigenvalue weighted by Gasteiger charge is -2.16. The van der Waals surface area contributed by atoms with Crippen molar-refractivity contribution < 1.29 is 14.3 Å². The monoisotopic (exact) mass is 329 g/mol. The van der Waals surface area contributed by atoms with Crippen LogP contribution in [-0.2, 0) is 19.7 Å². The van der Waals surface area contributed by atoms with Gasteiger partial charge in [0.05, 0.1) is 11.5 Å². The fraction of sp³-hybridized carbons (Fsp3) is 0.333. The molecule has 1 fully saturated rings. The lowest BCUT2D eigenvalue weighted by Crippen LogP contribution is -2.33. The summed E-state index contributed by atoms with van der Waals surface area (Å²) in [6.07, 6.45) is 1.56. The summed E-state index contributed by atoms with van der Waals surface area (Å²) >= 11 is 1.59. The van der Waals surface area contributed by atoms with E-state index < -0.39 is 5.41 Å². The van der Waals surface area contributed by atoms with E-state index in [1.165, 1.54) is 0 Å². The van der Waals surface area contributed by atoms with Gasteiger partial charge >= 0.3 is 5.97 Å². The number of esters is 1. The summed E-state index contributed by atoms with van der Waals surface area (Å²) in [7, 11) is 0. The summed E-state index contributed by atoms with van der Waals surface area (Å²) < 4.78 is 5.26. The third-order valence-electron chi connectivity index (χ3n) is 4.15. The van der Waals surface area contributed by atoms with Crippen molar-refractivity contribution in [3.63, 3.8) is 0 Å². The van der Waals surface area contributed by atoms with Crippen LogP contribution in [-0.4, -0.2) is 18.5 Å². The molecular weight excluding hydrogens is 310 g/mol. The van der Waals surface area contributed by atoms with Crippen molar-refractivity contribution in [2.75, 3.05) is 6.61 Å². The molecule has 3 rings (SSSR count). The smallest absolute Gasteiger partial charge is 0.317 e. The largest absolute Gasteiger partial charge is 0.455 e. The molecule has 0 saturated heterocycles. The van der Waals surface area contributed by atoms with Gasteiger partial charge in [-0.05, 0) is 36.8 Å². The molecule has 0 aliphatic heterocycles. The number of thiophene rings is 1. The first-order valence-corrected chi connectivity index (χ1v) is 8.55. The van der Waals surface area contributed by atoms with Crippen molar-refractivity contribution in [1.29, 1.82) is 0 Å². The van der Waals surface area contributed by atoms with E-state index >= 15 is 0 Å². The Morgan fingerprint density at radius 3 is 2.57 bits per heavy atom. The molecule has 5 heteroatoms. The first kappa shape index (κ1) is 15.7. The Kier molecular flexibility index (Phi) is 4.48. The molecule has 1 aliphatic carbocycles. The summed E-state index contributed by atoms with van der Waals surface area (Å²) in [4.78, 5) is 25.4. The van der Waals surface area contributed by atoms with Crippen LogP contribution >= 0.6 is 11.3 Å². The Bertz CT molecular complexity index is 678. The van der Waals surface area contributed by atoms with Crippen LogP contribution in [0, 0.1) is 0 Å². The molecule has 0 unspecified atom stereocenters. The Labute approximate surface area is 139 Å². The molecule has 1 amide bonds. The normalized spacial score (nSPS) is 16.4. The zero-order chi connectivity index (χ0) is 16.3. The maximum atomic E-state index is 12.3. The van der Waals surface area contributed by atoms with E-state index in [1.54, 1.807) is 11.3 Å². The van der Waals surface area contributed by atoms with Crippen molar-refractivity contribution in [1.82, 2.24) is 5.32 Å². The average molecular weight is 329 g/mol. The first-order valence-electron chi connectivity index (χ1n) is 7.67. The third-order valence-corrected chi connectivity index (χ3v) is 5.20. The van der Waals surface area contributed by atoms with Gasteiger partial charge in [-0.15, -0.1) is 11.3 Å². The summed E-state index contributed by atoms with van der Waals surface area (Å²) in [5, 5.41) is 4.81. The molecule has 0 spiro atoms. The standard InChI is InChI=1S/C18H19NO3S/c1-13(15-8-5-11-23-15)19-16(20)12-22-17(21)18(9-10-18)14-6-3-2-4-7-14/h2-8,11,13H,9-10,12H2,1H3,(H,19,20)/t13-/m0/s1.